The maximum absolute atomic E-state index is 11.1. The first-order valence-corrected chi connectivity index (χ1v) is 6.98. The summed E-state index contributed by atoms with van der Waals surface area (Å²) in [7, 11) is 0. The third-order valence-electron chi connectivity index (χ3n) is 3.79. The molecule has 0 aliphatic carbocycles. The van der Waals surface area contributed by atoms with Gasteiger partial charge in [0.15, 0.2) is 0 Å². The van der Waals surface area contributed by atoms with Crippen molar-refractivity contribution in [2.45, 2.75) is 25.8 Å². The van der Waals surface area contributed by atoms with Gasteiger partial charge in [0.1, 0.15) is 5.56 Å². The Kier molecular flexibility index (Phi) is 4.74. The topological polar surface area (TPSA) is 95.7 Å². The van der Waals surface area contributed by atoms with Crippen molar-refractivity contribution in [1.82, 2.24) is 4.90 Å². The van der Waals surface area contributed by atoms with Gasteiger partial charge in [0.05, 0.1) is 4.92 Å². The molecule has 7 nitrogen and oxygen atoms in total. The SMILES string of the molecule is CC(CNc1ccc([N+](=O)[O-])c(C(=O)O)c1)N1CCCC1. The number of hydrogen-bond acceptors (Lipinski definition) is 5. The van der Waals surface area contributed by atoms with Crippen LogP contribution in [0.2, 0.25) is 0 Å². The summed E-state index contributed by atoms with van der Waals surface area (Å²) >= 11 is 0. The van der Waals surface area contributed by atoms with Gasteiger partial charge in [0.2, 0.25) is 0 Å². The predicted molar refractivity (Wildman–Crippen MR) is 78.8 cm³/mol. The Morgan fingerprint density at radius 2 is 2.14 bits per heavy atom. The lowest BCUT2D eigenvalue weighted by molar-refractivity contribution is -0.385. The summed E-state index contributed by atoms with van der Waals surface area (Å²) in [6, 6.07) is 4.43. The van der Waals surface area contributed by atoms with Crippen LogP contribution in [-0.4, -0.2) is 46.6 Å². The molecule has 114 valence electrons. The summed E-state index contributed by atoms with van der Waals surface area (Å²) in [4.78, 5) is 23.6. The molecular formula is C14H19N3O4. The molecule has 0 spiro atoms. The van der Waals surface area contributed by atoms with Crippen LogP contribution in [0.15, 0.2) is 18.2 Å². The van der Waals surface area contributed by atoms with Crippen LogP contribution >= 0.6 is 0 Å². The van der Waals surface area contributed by atoms with E-state index in [1.165, 1.54) is 25.0 Å². The zero-order valence-corrected chi connectivity index (χ0v) is 11.9. The number of aromatic carboxylic acids is 1. The Balaban J connectivity index is 2.05. The molecule has 1 unspecified atom stereocenters. The molecule has 2 N–H and O–H groups in total. The molecule has 0 radical (unpaired) electrons. The molecule has 0 amide bonds. The van der Waals surface area contributed by atoms with E-state index >= 15 is 0 Å². The van der Waals surface area contributed by atoms with Gasteiger partial charge in [0.25, 0.3) is 5.69 Å². The Morgan fingerprint density at radius 3 is 2.71 bits per heavy atom. The number of nitro groups is 1. The Morgan fingerprint density at radius 1 is 1.48 bits per heavy atom. The summed E-state index contributed by atoms with van der Waals surface area (Å²) in [6.45, 7) is 4.96. The first-order valence-electron chi connectivity index (χ1n) is 6.98. The number of nitrogens with one attached hydrogen (secondary N) is 1. The maximum Gasteiger partial charge on any atom is 0.342 e. The first kappa shape index (κ1) is 15.2. The molecule has 0 aromatic heterocycles. The number of likely N-dealkylation sites (tertiary alicyclic amines) is 1. The maximum atomic E-state index is 11.1. The summed E-state index contributed by atoms with van der Waals surface area (Å²) in [5.74, 6) is -1.29. The minimum Gasteiger partial charge on any atom is -0.477 e. The third-order valence-corrected chi connectivity index (χ3v) is 3.79. The van der Waals surface area contributed by atoms with E-state index in [-0.39, 0.29) is 11.3 Å². The first-order chi connectivity index (χ1) is 9.99. The van der Waals surface area contributed by atoms with Crippen LogP contribution in [0.1, 0.15) is 30.1 Å². The zero-order valence-electron chi connectivity index (χ0n) is 11.9. The Bertz CT molecular complexity index is 541. The number of carboxylic acids is 1. The summed E-state index contributed by atoms with van der Waals surface area (Å²) in [6.07, 6.45) is 2.43. The minimum absolute atomic E-state index is 0.293. The van der Waals surface area contributed by atoms with Crippen molar-refractivity contribution in [3.05, 3.63) is 33.9 Å². The van der Waals surface area contributed by atoms with E-state index in [4.69, 9.17) is 5.11 Å². The van der Waals surface area contributed by atoms with E-state index in [0.717, 1.165) is 13.1 Å². The van der Waals surface area contributed by atoms with Crippen LogP contribution in [0.3, 0.4) is 0 Å². The normalized spacial score (nSPS) is 16.6. The monoisotopic (exact) mass is 293 g/mol. The number of nitrogens with zero attached hydrogens (tertiary/aromatic N) is 2. The second kappa shape index (κ2) is 6.53. The van der Waals surface area contributed by atoms with Crippen molar-refractivity contribution in [2.24, 2.45) is 0 Å². The highest BCUT2D eigenvalue weighted by Gasteiger charge is 2.21. The lowest BCUT2D eigenvalue weighted by Crippen LogP contribution is -2.35. The fraction of sp³-hybridized carbons (Fsp3) is 0.500. The van der Waals surface area contributed by atoms with E-state index < -0.39 is 10.9 Å². The average molecular weight is 293 g/mol. The second-order valence-corrected chi connectivity index (χ2v) is 5.27. The molecule has 0 bridgehead atoms. The third kappa shape index (κ3) is 3.69. The van der Waals surface area contributed by atoms with Crippen LogP contribution in [0.5, 0.6) is 0 Å². The van der Waals surface area contributed by atoms with Gasteiger partial charge in [-0.2, -0.15) is 0 Å². The molecule has 1 aliphatic rings. The van der Waals surface area contributed by atoms with E-state index in [1.54, 1.807) is 6.07 Å². The second-order valence-electron chi connectivity index (χ2n) is 5.27. The molecule has 1 aromatic rings. The number of hydrogen-bond donors (Lipinski definition) is 2. The van der Waals surface area contributed by atoms with Crippen molar-refractivity contribution < 1.29 is 14.8 Å². The highest BCUT2D eigenvalue weighted by Crippen LogP contribution is 2.23. The number of carboxylic acid groups (broad SMARTS) is 1. The summed E-state index contributed by atoms with van der Waals surface area (Å²) in [5, 5.41) is 23.0. The van der Waals surface area contributed by atoms with Crippen LogP contribution in [-0.2, 0) is 0 Å². The lowest BCUT2D eigenvalue weighted by atomic mass is 10.1. The smallest absolute Gasteiger partial charge is 0.342 e. The summed E-state index contributed by atoms with van der Waals surface area (Å²) in [5.41, 5.74) is -0.0940. The van der Waals surface area contributed by atoms with Gasteiger partial charge < -0.3 is 10.4 Å². The van der Waals surface area contributed by atoms with Crippen LogP contribution in [0, 0.1) is 10.1 Å². The van der Waals surface area contributed by atoms with Crippen molar-refractivity contribution in [1.29, 1.82) is 0 Å². The zero-order chi connectivity index (χ0) is 15.4. The van der Waals surface area contributed by atoms with Gasteiger partial charge in [-0.15, -0.1) is 0 Å². The Labute approximate surface area is 122 Å². The molecule has 1 fully saturated rings. The van der Waals surface area contributed by atoms with Gasteiger partial charge in [-0.3, -0.25) is 15.0 Å². The van der Waals surface area contributed by atoms with Crippen molar-refractivity contribution in [3.63, 3.8) is 0 Å². The van der Waals surface area contributed by atoms with Gasteiger partial charge in [-0.25, -0.2) is 4.79 Å². The highest BCUT2D eigenvalue weighted by molar-refractivity contribution is 5.93. The average Bonchev–Trinajstić information content (AvgIpc) is 2.98. The molecule has 1 saturated heterocycles. The quantitative estimate of drug-likeness (QED) is 0.616. The summed E-state index contributed by atoms with van der Waals surface area (Å²) < 4.78 is 0. The van der Waals surface area contributed by atoms with E-state index in [1.807, 2.05) is 0 Å². The van der Waals surface area contributed by atoms with Crippen LogP contribution in [0.4, 0.5) is 11.4 Å². The van der Waals surface area contributed by atoms with Crippen LogP contribution < -0.4 is 5.32 Å². The van der Waals surface area contributed by atoms with Gasteiger partial charge in [-0.1, -0.05) is 0 Å². The lowest BCUT2D eigenvalue weighted by Gasteiger charge is -2.24. The predicted octanol–water partition coefficient (Wildman–Crippen LogP) is 2.19. The van der Waals surface area contributed by atoms with Crippen molar-refractivity contribution in [3.8, 4) is 0 Å². The van der Waals surface area contributed by atoms with E-state index in [0.29, 0.717) is 18.3 Å². The number of carbonyl (C=O) groups is 1. The molecule has 0 saturated carbocycles. The molecule has 1 atom stereocenters. The number of benzene rings is 1. The Hall–Kier alpha value is -2.15. The largest absolute Gasteiger partial charge is 0.477 e. The fourth-order valence-corrected chi connectivity index (χ4v) is 2.55. The van der Waals surface area contributed by atoms with Gasteiger partial charge in [-0.05, 0) is 45.0 Å². The van der Waals surface area contributed by atoms with Crippen molar-refractivity contribution in [2.75, 3.05) is 25.0 Å². The molecule has 1 aromatic carbocycles. The van der Waals surface area contributed by atoms with E-state index in [9.17, 15) is 14.9 Å². The fourth-order valence-electron chi connectivity index (χ4n) is 2.55. The molecule has 2 rings (SSSR count). The number of anilines is 1. The minimum atomic E-state index is -1.29. The van der Waals surface area contributed by atoms with Gasteiger partial charge in [0, 0.05) is 24.3 Å². The molecule has 21 heavy (non-hydrogen) atoms. The molecule has 7 heteroatoms. The number of nitro benzene ring substituents is 1. The molecule has 1 heterocycles. The standard InChI is InChI=1S/C14H19N3O4/c1-10(16-6-2-3-7-16)9-15-11-4-5-13(17(20)21)12(8-11)14(18)19/h4-5,8,10,15H,2-3,6-7,9H2,1H3,(H,18,19). The van der Waals surface area contributed by atoms with Gasteiger partial charge >= 0.3 is 5.97 Å². The number of rotatable bonds is 6. The van der Waals surface area contributed by atoms with Crippen LogP contribution in [0.25, 0.3) is 0 Å². The molecule has 1 aliphatic heterocycles. The van der Waals surface area contributed by atoms with E-state index in [2.05, 4.69) is 17.1 Å². The molecular weight excluding hydrogens is 274 g/mol. The highest BCUT2D eigenvalue weighted by atomic mass is 16.6. The van der Waals surface area contributed by atoms with Crippen molar-refractivity contribution >= 4 is 17.3 Å².